The Balaban J connectivity index is 1.51. The highest BCUT2D eigenvalue weighted by Gasteiger charge is 2.21. The van der Waals surface area contributed by atoms with E-state index in [4.69, 9.17) is 0 Å². The molecule has 7 heteroatoms. The van der Waals surface area contributed by atoms with Gasteiger partial charge in [0.15, 0.2) is 0 Å². The minimum absolute atomic E-state index is 0.0874. The van der Waals surface area contributed by atoms with Crippen LogP contribution in [0, 0.1) is 10.1 Å². The van der Waals surface area contributed by atoms with Crippen molar-refractivity contribution in [1.29, 1.82) is 0 Å². The Morgan fingerprint density at radius 3 is 2.63 bits per heavy atom. The predicted molar refractivity (Wildman–Crippen MR) is 104 cm³/mol. The lowest BCUT2D eigenvalue weighted by atomic mass is 10.1. The highest BCUT2D eigenvalue weighted by atomic mass is 16.6. The topological polar surface area (TPSA) is 82.7 Å². The van der Waals surface area contributed by atoms with Crippen molar-refractivity contribution < 1.29 is 10.0 Å². The van der Waals surface area contributed by atoms with Gasteiger partial charge in [0.1, 0.15) is 5.75 Å². The highest BCUT2D eigenvalue weighted by Crippen LogP contribution is 2.33. The van der Waals surface area contributed by atoms with Crippen molar-refractivity contribution >= 4 is 22.1 Å². The summed E-state index contributed by atoms with van der Waals surface area (Å²) in [6.07, 6.45) is 3.24. The van der Waals surface area contributed by atoms with Gasteiger partial charge < -0.3 is 10.0 Å². The maximum absolute atomic E-state index is 11.3. The molecule has 1 saturated heterocycles. The number of phenolic OH excluding ortho intramolecular Hbond substituents is 1. The first kappa shape index (κ1) is 17.2. The van der Waals surface area contributed by atoms with Gasteiger partial charge >= 0.3 is 0 Å². The number of phenols is 1. The largest absolute Gasteiger partial charge is 0.508 e. The number of aromatic nitrogens is 1. The molecule has 0 bridgehead atoms. The van der Waals surface area contributed by atoms with Crippen LogP contribution in [0.15, 0.2) is 54.9 Å². The number of piperazine rings is 1. The van der Waals surface area contributed by atoms with E-state index < -0.39 is 0 Å². The van der Waals surface area contributed by atoms with Crippen molar-refractivity contribution in [3.63, 3.8) is 0 Å². The van der Waals surface area contributed by atoms with Gasteiger partial charge in [-0.15, -0.1) is 0 Å². The third-order valence-corrected chi connectivity index (χ3v) is 5.00. The molecule has 0 amide bonds. The molecule has 1 aliphatic rings. The highest BCUT2D eigenvalue weighted by molar-refractivity contribution is 5.99. The summed E-state index contributed by atoms with van der Waals surface area (Å²) in [4.78, 5) is 19.6. The number of hydrogen-bond donors (Lipinski definition) is 1. The Bertz CT molecular complexity index is 984. The van der Waals surface area contributed by atoms with Gasteiger partial charge in [-0.05, 0) is 29.8 Å². The van der Waals surface area contributed by atoms with Crippen molar-refractivity contribution in [2.75, 3.05) is 31.1 Å². The number of hydrogen-bond acceptors (Lipinski definition) is 6. The molecule has 2 heterocycles. The number of rotatable bonds is 4. The number of non-ortho nitro benzene ring substituents is 1. The summed E-state index contributed by atoms with van der Waals surface area (Å²) in [6.45, 7) is 4.26. The van der Waals surface area contributed by atoms with Gasteiger partial charge in [-0.1, -0.05) is 12.1 Å². The summed E-state index contributed by atoms with van der Waals surface area (Å²) in [5.74, 6) is 0.289. The summed E-state index contributed by atoms with van der Waals surface area (Å²) in [5.41, 5.74) is 2.19. The summed E-state index contributed by atoms with van der Waals surface area (Å²) in [6, 6.07) is 12.6. The fourth-order valence-corrected chi connectivity index (χ4v) is 3.65. The smallest absolute Gasteiger partial charge is 0.278 e. The lowest BCUT2D eigenvalue weighted by molar-refractivity contribution is -0.383. The van der Waals surface area contributed by atoms with Crippen molar-refractivity contribution in [3.8, 4) is 5.75 Å². The van der Waals surface area contributed by atoms with E-state index in [1.54, 1.807) is 30.6 Å². The predicted octanol–water partition coefficient (Wildman–Crippen LogP) is 3.17. The molecule has 1 aliphatic heterocycles. The van der Waals surface area contributed by atoms with Gasteiger partial charge in [-0.2, -0.15) is 0 Å². The van der Waals surface area contributed by atoms with Crippen LogP contribution >= 0.6 is 0 Å². The molecule has 2 aromatic carbocycles. The Morgan fingerprint density at radius 1 is 1.07 bits per heavy atom. The monoisotopic (exact) mass is 364 g/mol. The van der Waals surface area contributed by atoms with E-state index >= 15 is 0 Å². The van der Waals surface area contributed by atoms with Gasteiger partial charge in [0.25, 0.3) is 5.69 Å². The summed E-state index contributed by atoms with van der Waals surface area (Å²) in [5, 5.41) is 22.3. The number of pyridine rings is 1. The van der Waals surface area contributed by atoms with Crippen LogP contribution in [-0.2, 0) is 6.54 Å². The van der Waals surface area contributed by atoms with Gasteiger partial charge in [0.2, 0.25) is 0 Å². The van der Waals surface area contributed by atoms with Crippen molar-refractivity contribution in [3.05, 3.63) is 70.5 Å². The molecule has 1 aromatic heterocycles. The Morgan fingerprint density at radius 2 is 1.89 bits per heavy atom. The summed E-state index contributed by atoms with van der Waals surface area (Å²) >= 11 is 0. The van der Waals surface area contributed by atoms with E-state index in [2.05, 4.69) is 14.8 Å². The average Bonchev–Trinajstić information content (AvgIpc) is 2.68. The Labute approximate surface area is 156 Å². The Hall–Kier alpha value is -3.19. The Kier molecular flexibility index (Phi) is 4.60. The molecule has 3 aromatic rings. The van der Waals surface area contributed by atoms with Crippen LogP contribution in [0.4, 0.5) is 11.4 Å². The molecule has 7 nitrogen and oxygen atoms in total. The summed E-state index contributed by atoms with van der Waals surface area (Å²) < 4.78 is 0. The van der Waals surface area contributed by atoms with Gasteiger partial charge in [-0.3, -0.25) is 20.0 Å². The van der Waals surface area contributed by atoms with Crippen LogP contribution < -0.4 is 4.90 Å². The van der Waals surface area contributed by atoms with E-state index in [1.165, 1.54) is 0 Å². The molecule has 0 unspecified atom stereocenters. The molecule has 0 radical (unpaired) electrons. The van der Waals surface area contributed by atoms with Crippen LogP contribution in [0.3, 0.4) is 0 Å². The molecular formula is C20H20N4O3. The standard InChI is InChI=1S/C20H20N4O3/c25-16-3-1-2-15(12-16)14-22-8-10-23(11-9-22)19-4-5-20(24(26)27)18-13-21-7-6-17(18)19/h1-7,12-13,25H,8-11,14H2. The zero-order chi connectivity index (χ0) is 18.8. The molecule has 0 aliphatic carbocycles. The van der Waals surface area contributed by atoms with Crippen molar-refractivity contribution in [1.82, 2.24) is 9.88 Å². The first-order chi connectivity index (χ1) is 13.1. The second-order valence-corrected chi connectivity index (χ2v) is 6.72. The van der Waals surface area contributed by atoms with E-state index in [0.29, 0.717) is 5.39 Å². The van der Waals surface area contributed by atoms with E-state index in [1.807, 2.05) is 24.3 Å². The van der Waals surface area contributed by atoms with Crippen LogP contribution in [-0.4, -0.2) is 46.1 Å². The number of nitrogens with zero attached hydrogens (tertiary/aromatic N) is 4. The molecule has 27 heavy (non-hydrogen) atoms. The van der Waals surface area contributed by atoms with Gasteiger partial charge in [0, 0.05) is 62.3 Å². The molecule has 1 fully saturated rings. The molecule has 138 valence electrons. The quantitative estimate of drug-likeness (QED) is 0.566. The fourth-order valence-electron chi connectivity index (χ4n) is 3.65. The number of fused-ring (bicyclic) bond motifs is 1. The van der Waals surface area contributed by atoms with Crippen molar-refractivity contribution in [2.24, 2.45) is 0 Å². The maximum atomic E-state index is 11.3. The molecular weight excluding hydrogens is 344 g/mol. The maximum Gasteiger partial charge on any atom is 0.278 e. The van der Waals surface area contributed by atoms with E-state index in [0.717, 1.165) is 49.4 Å². The first-order valence-electron chi connectivity index (χ1n) is 8.88. The zero-order valence-electron chi connectivity index (χ0n) is 14.8. The second-order valence-electron chi connectivity index (χ2n) is 6.72. The molecule has 0 saturated carbocycles. The lowest BCUT2D eigenvalue weighted by Gasteiger charge is -2.36. The third-order valence-electron chi connectivity index (χ3n) is 5.00. The van der Waals surface area contributed by atoms with E-state index in [-0.39, 0.29) is 16.4 Å². The van der Waals surface area contributed by atoms with E-state index in [9.17, 15) is 15.2 Å². The summed E-state index contributed by atoms with van der Waals surface area (Å²) in [7, 11) is 0. The third kappa shape index (κ3) is 3.54. The molecule has 0 atom stereocenters. The van der Waals surface area contributed by atoms with Crippen LogP contribution in [0.1, 0.15) is 5.56 Å². The van der Waals surface area contributed by atoms with Gasteiger partial charge in [-0.25, -0.2) is 0 Å². The molecule has 4 rings (SSSR count). The van der Waals surface area contributed by atoms with Crippen LogP contribution in [0.2, 0.25) is 0 Å². The van der Waals surface area contributed by atoms with Gasteiger partial charge in [0.05, 0.1) is 10.3 Å². The van der Waals surface area contributed by atoms with Crippen LogP contribution in [0.25, 0.3) is 10.8 Å². The number of aromatic hydroxyl groups is 1. The average molecular weight is 364 g/mol. The normalized spacial score (nSPS) is 15.2. The molecule has 0 spiro atoms. The minimum Gasteiger partial charge on any atom is -0.508 e. The fraction of sp³-hybridized carbons (Fsp3) is 0.250. The zero-order valence-corrected chi connectivity index (χ0v) is 14.8. The number of anilines is 1. The first-order valence-corrected chi connectivity index (χ1v) is 8.88. The second kappa shape index (κ2) is 7.20. The minimum atomic E-state index is -0.360. The number of benzene rings is 2. The SMILES string of the molecule is O=[N+]([O-])c1ccc(N2CCN(Cc3cccc(O)c3)CC2)c2ccncc12. The van der Waals surface area contributed by atoms with Crippen molar-refractivity contribution in [2.45, 2.75) is 6.54 Å². The number of nitro groups is 1. The molecule has 1 N–H and O–H groups in total. The van der Waals surface area contributed by atoms with Crippen LogP contribution in [0.5, 0.6) is 5.75 Å². The number of nitro benzene ring substituents is 1. The lowest BCUT2D eigenvalue weighted by Crippen LogP contribution is -2.46.